The van der Waals surface area contributed by atoms with Crippen molar-refractivity contribution in [1.82, 2.24) is 10.3 Å². The average molecular weight is 301 g/mol. The van der Waals surface area contributed by atoms with Crippen LogP contribution in [0.1, 0.15) is 27.6 Å². The summed E-state index contributed by atoms with van der Waals surface area (Å²) in [5.74, 6) is -0.509. The Hall–Kier alpha value is -1.74. The maximum absolute atomic E-state index is 11.5. The molecule has 0 aliphatic heterocycles. The smallest absolute Gasteiger partial charge is 0.253 e. The van der Waals surface area contributed by atoms with Crippen molar-refractivity contribution in [2.45, 2.75) is 11.9 Å². The molecule has 2 amide bonds. The summed E-state index contributed by atoms with van der Waals surface area (Å²) >= 11 is 6.30. The molecule has 19 heavy (non-hydrogen) atoms. The molecule has 0 aromatic carbocycles. The van der Waals surface area contributed by atoms with Crippen LogP contribution in [-0.4, -0.2) is 34.7 Å². The topological polar surface area (TPSA) is 126 Å². The van der Waals surface area contributed by atoms with E-state index in [0.717, 1.165) is 0 Å². The SMILES string of the molecule is CCSc1[nH]c(NC(=S)NC)c(C(N)=O)c1C(N)=O. The van der Waals surface area contributed by atoms with Gasteiger partial charge in [0.15, 0.2) is 5.11 Å². The molecule has 1 aromatic heterocycles. The number of carbonyl (C=O) groups is 2. The minimum absolute atomic E-state index is 0.0149. The van der Waals surface area contributed by atoms with Crippen LogP contribution < -0.4 is 22.1 Å². The first kappa shape index (κ1) is 15.3. The van der Waals surface area contributed by atoms with Crippen LogP contribution in [0.15, 0.2) is 5.03 Å². The van der Waals surface area contributed by atoms with Gasteiger partial charge in [-0.15, -0.1) is 11.8 Å². The van der Waals surface area contributed by atoms with Crippen molar-refractivity contribution in [3.05, 3.63) is 11.1 Å². The lowest BCUT2D eigenvalue weighted by atomic mass is 10.1. The molecule has 1 heterocycles. The molecule has 0 aliphatic carbocycles. The van der Waals surface area contributed by atoms with Gasteiger partial charge in [-0.3, -0.25) is 9.59 Å². The Morgan fingerprint density at radius 1 is 1.32 bits per heavy atom. The van der Waals surface area contributed by atoms with E-state index in [1.807, 2.05) is 6.92 Å². The number of H-pyrrole nitrogens is 1. The third-order valence-corrected chi connectivity index (χ3v) is 3.40. The third kappa shape index (κ3) is 3.38. The third-order valence-electron chi connectivity index (χ3n) is 2.21. The van der Waals surface area contributed by atoms with Crippen LogP contribution in [-0.2, 0) is 0 Å². The lowest BCUT2D eigenvalue weighted by Crippen LogP contribution is -2.26. The van der Waals surface area contributed by atoms with Gasteiger partial charge in [-0.1, -0.05) is 6.92 Å². The van der Waals surface area contributed by atoms with Gasteiger partial charge >= 0.3 is 0 Å². The van der Waals surface area contributed by atoms with Crippen molar-refractivity contribution in [3.8, 4) is 0 Å². The Bertz CT molecular complexity index is 526. The van der Waals surface area contributed by atoms with Crippen LogP contribution in [0.25, 0.3) is 0 Å². The quantitative estimate of drug-likeness (QED) is 0.392. The number of aromatic nitrogens is 1. The largest absolute Gasteiger partial charge is 0.365 e. The minimum atomic E-state index is -0.755. The van der Waals surface area contributed by atoms with Gasteiger partial charge in [0.2, 0.25) is 0 Å². The second-order valence-electron chi connectivity index (χ2n) is 3.44. The van der Waals surface area contributed by atoms with Crippen molar-refractivity contribution in [1.29, 1.82) is 0 Å². The number of hydrogen-bond acceptors (Lipinski definition) is 4. The first-order chi connectivity index (χ1) is 8.92. The summed E-state index contributed by atoms with van der Waals surface area (Å²) in [6, 6.07) is 0. The van der Waals surface area contributed by atoms with Gasteiger partial charge in [-0.2, -0.15) is 0 Å². The normalized spacial score (nSPS) is 10.0. The van der Waals surface area contributed by atoms with E-state index in [9.17, 15) is 9.59 Å². The molecule has 0 bridgehead atoms. The fourth-order valence-electron chi connectivity index (χ4n) is 1.48. The highest BCUT2D eigenvalue weighted by Crippen LogP contribution is 2.30. The summed E-state index contributed by atoms with van der Waals surface area (Å²) in [5, 5.41) is 6.23. The number of hydrogen-bond donors (Lipinski definition) is 5. The van der Waals surface area contributed by atoms with E-state index in [2.05, 4.69) is 15.6 Å². The number of anilines is 1. The molecule has 1 rings (SSSR count). The second-order valence-corrected chi connectivity index (χ2v) is 5.13. The van der Waals surface area contributed by atoms with Crippen molar-refractivity contribution in [2.75, 3.05) is 18.1 Å². The van der Waals surface area contributed by atoms with Crippen LogP contribution in [0.5, 0.6) is 0 Å². The van der Waals surface area contributed by atoms with Gasteiger partial charge in [0, 0.05) is 7.05 Å². The number of nitrogens with two attached hydrogens (primary N) is 2. The number of rotatable bonds is 5. The highest BCUT2D eigenvalue weighted by Gasteiger charge is 2.25. The van der Waals surface area contributed by atoms with Gasteiger partial charge in [-0.05, 0) is 18.0 Å². The monoisotopic (exact) mass is 301 g/mol. The zero-order valence-electron chi connectivity index (χ0n) is 10.5. The molecule has 0 unspecified atom stereocenters. The van der Waals surface area contributed by atoms with E-state index in [1.165, 1.54) is 11.8 Å². The Kier molecular flexibility index (Phi) is 5.19. The fourth-order valence-corrected chi connectivity index (χ4v) is 2.39. The fraction of sp³-hybridized carbons (Fsp3) is 0.300. The zero-order chi connectivity index (χ0) is 14.6. The highest BCUT2D eigenvalue weighted by molar-refractivity contribution is 7.99. The lowest BCUT2D eigenvalue weighted by molar-refractivity contribution is 0.0967. The Balaban J connectivity index is 3.37. The summed E-state index contributed by atoms with van der Waals surface area (Å²) in [5.41, 5.74) is 10.7. The standard InChI is InChI=1S/C10H15N5O2S2/c1-3-19-9-5(7(12)17)4(6(11)16)8(14-9)15-10(18)13-2/h14H,3H2,1-2H3,(H2,11,16)(H2,12,17)(H2,13,15,18). The minimum Gasteiger partial charge on any atom is -0.365 e. The number of thiocarbonyl (C=S) groups is 1. The van der Waals surface area contributed by atoms with Crippen molar-refractivity contribution < 1.29 is 9.59 Å². The number of carbonyl (C=O) groups excluding carboxylic acids is 2. The maximum Gasteiger partial charge on any atom is 0.253 e. The van der Waals surface area contributed by atoms with Crippen LogP contribution in [0, 0.1) is 0 Å². The first-order valence-corrected chi connectivity index (χ1v) is 6.78. The zero-order valence-corrected chi connectivity index (χ0v) is 12.1. The Morgan fingerprint density at radius 2 is 1.89 bits per heavy atom. The summed E-state index contributed by atoms with van der Waals surface area (Å²) in [6.07, 6.45) is 0. The maximum atomic E-state index is 11.5. The molecule has 0 atom stereocenters. The second kappa shape index (κ2) is 6.43. The molecule has 0 saturated carbocycles. The molecule has 0 saturated heterocycles. The van der Waals surface area contributed by atoms with Crippen LogP contribution in [0.3, 0.4) is 0 Å². The number of aromatic amines is 1. The van der Waals surface area contributed by atoms with Crippen LogP contribution in [0.4, 0.5) is 5.82 Å². The van der Waals surface area contributed by atoms with Gasteiger partial charge in [0.05, 0.1) is 16.2 Å². The van der Waals surface area contributed by atoms with E-state index in [1.54, 1.807) is 7.05 Å². The molecular weight excluding hydrogens is 286 g/mol. The number of amides is 2. The first-order valence-electron chi connectivity index (χ1n) is 5.39. The van der Waals surface area contributed by atoms with E-state index >= 15 is 0 Å². The summed E-state index contributed by atoms with van der Waals surface area (Å²) in [4.78, 5) is 25.9. The molecule has 104 valence electrons. The molecule has 0 fully saturated rings. The van der Waals surface area contributed by atoms with Crippen LogP contribution in [0.2, 0.25) is 0 Å². The van der Waals surface area contributed by atoms with E-state index in [-0.39, 0.29) is 22.1 Å². The molecule has 0 spiro atoms. The number of primary amides is 2. The summed E-state index contributed by atoms with van der Waals surface area (Å²) in [7, 11) is 1.62. The number of thioether (sulfide) groups is 1. The van der Waals surface area contributed by atoms with Crippen molar-refractivity contribution >= 4 is 46.7 Å². The highest BCUT2D eigenvalue weighted by atomic mass is 32.2. The van der Waals surface area contributed by atoms with Gasteiger partial charge in [0.1, 0.15) is 5.82 Å². The summed E-state index contributed by atoms with van der Waals surface area (Å²) < 4.78 is 0. The predicted octanol–water partition coefficient (Wildman–Crippen LogP) is 0.241. The van der Waals surface area contributed by atoms with E-state index in [0.29, 0.717) is 10.8 Å². The van der Waals surface area contributed by atoms with Gasteiger partial charge in [-0.25, -0.2) is 0 Å². The predicted molar refractivity (Wildman–Crippen MR) is 79.5 cm³/mol. The molecule has 9 heteroatoms. The molecule has 0 radical (unpaired) electrons. The lowest BCUT2D eigenvalue weighted by Gasteiger charge is -2.06. The van der Waals surface area contributed by atoms with Crippen LogP contribution >= 0.6 is 24.0 Å². The number of nitrogens with one attached hydrogen (secondary N) is 3. The Morgan fingerprint density at radius 3 is 2.32 bits per heavy atom. The van der Waals surface area contributed by atoms with E-state index in [4.69, 9.17) is 23.7 Å². The molecule has 1 aromatic rings. The molecule has 0 aliphatic rings. The molecular formula is C10H15N5O2S2. The van der Waals surface area contributed by atoms with Crippen molar-refractivity contribution in [3.63, 3.8) is 0 Å². The van der Waals surface area contributed by atoms with Crippen molar-refractivity contribution in [2.24, 2.45) is 11.5 Å². The molecule has 7 N–H and O–H groups in total. The average Bonchev–Trinajstić information content (AvgIpc) is 2.68. The van der Waals surface area contributed by atoms with Gasteiger partial charge in [0.25, 0.3) is 11.8 Å². The summed E-state index contributed by atoms with van der Waals surface area (Å²) in [6.45, 7) is 1.91. The van der Waals surface area contributed by atoms with E-state index < -0.39 is 11.8 Å². The van der Waals surface area contributed by atoms with Gasteiger partial charge < -0.3 is 27.1 Å². The molecule has 7 nitrogen and oxygen atoms in total. The Labute approximate surface area is 119 Å².